The lowest BCUT2D eigenvalue weighted by atomic mass is 10.0. The van der Waals surface area contributed by atoms with Gasteiger partial charge in [-0.2, -0.15) is 18.3 Å². The molecule has 1 aromatic carbocycles. The summed E-state index contributed by atoms with van der Waals surface area (Å²) in [5, 5.41) is 24.8. The predicted octanol–water partition coefficient (Wildman–Crippen LogP) is 2.37. The summed E-state index contributed by atoms with van der Waals surface area (Å²) in [5.41, 5.74) is -4.10. The molecule has 0 aliphatic carbocycles. The van der Waals surface area contributed by atoms with E-state index in [0.717, 1.165) is 24.3 Å². The van der Waals surface area contributed by atoms with Crippen LogP contribution >= 0.6 is 0 Å². The van der Waals surface area contributed by atoms with Crippen molar-refractivity contribution in [1.82, 2.24) is 0 Å². The van der Waals surface area contributed by atoms with Crippen LogP contribution in [0.3, 0.4) is 0 Å². The highest BCUT2D eigenvalue weighted by Crippen LogP contribution is 2.43. The maximum atomic E-state index is 13.4. The predicted molar refractivity (Wildman–Crippen MR) is 79.9 cm³/mol. The maximum Gasteiger partial charge on any atom is 0.438 e. The monoisotopic (exact) mass is 361 g/mol. The molecule has 0 amide bonds. The third kappa shape index (κ3) is 3.71. The van der Waals surface area contributed by atoms with Crippen LogP contribution in [0.2, 0.25) is 0 Å². The second-order valence-corrected chi connectivity index (χ2v) is 5.22. The summed E-state index contributed by atoms with van der Waals surface area (Å²) in [6, 6.07) is 4.05. The zero-order valence-corrected chi connectivity index (χ0v) is 13.0. The van der Waals surface area contributed by atoms with E-state index in [0.29, 0.717) is 5.01 Å². The quantitative estimate of drug-likeness (QED) is 0.490. The second kappa shape index (κ2) is 6.67. The molecule has 1 aliphatic rings. The number of halogens is 3. The van der Waals surface area contributed by atoms with Crippen LogP contribution in [0.1, 0.15) is 19.8 Å². The molecule has 0 bridgehead atoms. The summed E-state index contributed by atoms with van der Waals surface area (Å²) in [6.45, 7) is 1.60. The summed E-state index contributed by atoms with van der Waals surface area (Å²) in [7, 11) is 0. The molecule has 0 saturated carbocycles. The van der Waals surface area contributed by atoms with E-state index in [1.165, 1.54) is 0 Å². The Bertz CT molecular complexity index is 705. The Labute approximate surface area is 139 Å². The molecular formula is C14H14F3N3O5. The van der Waals surface area contributed by atoms with Crippen molar-refractivity contribution in [3.8, 4) is 0 Å². The molecule has 0 saturated heterocycles. The molecule has 1 atom stereocenters. The van der Waals surface area contributed by atoms with Crippen LogP contribution in [0, 0.1) is 10.1 Å². The molecule has 2 rings (SSSR count). The van der Waals surface area contributed by atoms with Crippen molar-refractivity contribution in [2.75, 3.05) is 11.6 Å². The SMILES string of the molecule is CCOC(=O)CC1=NN(c2ccc([N+](=O)[O-])cc2)C(O)(C(F)(F)F)C1. The molecule has 136 valence electrons. The van der Waals surface area contributed by atoms with Gasteiger partial charge in [0.2, 0.25) is 0 Å². The Morgan fingerprint density at radius 1 is 1.44 bits per heavy atom. The molecule has 1 N–H and O–H groups in total. The fourth-order valence-electron chi connectivity index (χ4n) is 2.30. The van der Waals surface area contributed by atoms with Gasteiger partial charge in [0.15, 0.2) is 0 Å². The molecule has 1 unspecified atom stereocenters. The third-order valence-corrected chi connectivity index (χ3v) is 3.46. The number of ether oxygens (including phenoxy) is 1. The van der Waals surface area contributed by atoms with E-state index in [1.807, 2.05) is 0 Å². The smallest absolute Gasteiger partial charge is 0.438 e. The number of benzene rings is 1. The van der Waals surface area contributed by atoms with Crippen molar-refractivity contribution in [2.24, 2.45) is 5.10 Å². The van der Waals surface area contributed by atoms with Crippen LogP contribution in [0.15, 0.2) is 29.4 Å². The summed E-state index contributed by atoms with van der Waals surface area (Å²) >= 11 is 0. The molecule has 8 nitrogen and oxygen atoms in total. The molecule has 0 fully saturated rings. The molecule has 1 heterocycles. The molecular weight excluding hydrogens is 347 g/mol. The Morgan fingerprint density at radius 3 is 2.52 bits per heavy atom. The van der Waals surface area contributed by atoms with Crippen molar-refractivity contribution in [3.05, 3.63) is 34.4 Å². The van der Waals surface area contributed by atoms with Gasteiger partial charge in [-0.15, -0.1) is 0 Å². The molecule has 0 spiro atoms. The number of nitro benzene ring substituents is 1. The summed E-state index contributed by atoms with van der Waals surface area (Å²) < 4.78 is 44.7. The van der Waals surface area contributed by atoms with E-state index >= 15 is 0 Å². The van der Waals surface area contributed by atoms with Crippen molar-refractivity contribution in [3.63, 3.8) is 0 Å². The standard InChI is InChI=1S/C14H14F3N3O5/c1-2-25-12(21)7-9-8-13(22,14(15,16)17)19(18-9)10-3-5-11(6-4-10)20(23)24/h3-6,22H,2,7-8H2,1H3. The summed E-state index contributed by atoms with van der Waals surface area (Å²) in [6.07, 6.45) is -6.52. The normalized spacial score (nSPS) is 20.4. The van der Waals surface area contributed by atoms with Crippen molar-refractivity contribution >= 4 is 23.1 Å². The van der Waals surface area contributed by atoms with Crippen LogP contribution in [0.25, 0.3) is 0 Å². The van der Waals surface area contributed by atoms with E-state index in [4.69, 9.17) is 0 Å². The minimum Gasteiger partial charge on any atom is -0.466 e. The van der Waals surface area contributed by atoms with Crippen LogP contribution < -0.4 is 5.01 Å². The van der Waals surface area contributed by atoms with Crippen LogP contribution in [0.4, 0.5) is 24.5 Å². The van der Waals surface area contributed by atoms with Gasteiger partial charge in [-0.3, -0.25) is 14.9 Å². The number of aliphatic hydroxyl groups is 1. The van der Waals surface area contributed by atoms with Gasteiger partial charge in [0.25, 0.3) is 11.4 Å². The number of esters is 1. The lowest BCUT2D eigenvalue weighted by Gasteiger charge is -2.34. The molecule has 0 radical (unpaired) electrons. The number of alkyl halides is 3. The Morgan fingerprint density at radius 2 is 2.04 bits per heavy atom. The van der Waals surface area contributed by atoms with Crippen LogP contribution in [-0.2, 0) is 9.53 Å². The number of hydrogen-bond acceptors (Lipinski definition) is 7. The third-order valence-electron chi connectivity index (χ3n) is 3.46. The topological polar surface area (TPSA) is 105 Å². The fraction of sp³-hybridized carbons (Fsp3) is 0.429. The van der Waals surface area contributed by atoms with Gasteiger partial charge in [0, 0.05) is 18.6 Å². The van der Waals surface area contributed by atoms with Gasteiger partial charge in [-0.1, -0.05) is 0 Å². The van der Waals surface area contributed by atoms with Crippen molar-refractivity contribution in [2.45, 2.75) is 31.7 Å². The van der Waals surface area contributed by atoms with Crippen LogP contribution in [0.5, 0.6) is 0 Å². The number of rotatable bonds is 5. The average Bonchev–Trinajstić information content (AvgIpc) is 2.85. The summed E-state index contributed by atoms with van der Waals surface area (Å²) in [4.78, 5) is 21.4. The fourth-order valence-corrected chi connectivity index (χ4v) is 2.30. The average molecular weight is 361 g/mol. The first-order chi connectivity index (χ1) is 11.6. The number of hydrogen-bond donors (Lipinski definition) is 1. The number of carbonyl (C=O) groups excluding carboxylic acids is 1. The van der Waals surface area contributed by atoms with Gasteiger partial charge in [-0.05, 0) is 19.1 Å². The lowest BCUT2D eigenvalue weighted by molar-refractivity contribution is -0.384. The van der Waals surface area contributed by atoms with E-state index in [2.05, 4.69) is 9.84 Å². The zero-order chi connectivity index (χ0) is 18.8. The number of hydrazone groups is 1. The molecule has 25 heavy (non-hydrogen) atoms. The van der Waals surface area contributed by atoms with Gasteiger partial charge < -0.3 is 9.84 Å². The van der Waals surface area contributed by atoms with Gasteiger partial charge in [0.05, 0.1) is 29.4 Å². The minimum atomic E-state index is -5.07. The first-order valence-electron chi connectivity index (χ1n) is 7.14. The number of non-ortho nitro benzene ring substituents is 1. The highest BCUT2D eigenvalue weighted by Gasteiger charge is 2.61. The molecule has 1 aliphatic heterocycles. The number of nitrogens with zero attached hydrogens (tertiary/aromatic N) is 3. The first-order valence-corrected chi connectivity index (χ1v) is 7.14. The largest absolute Gasteiger partial charge is 0.466 e. The van der Waals surface area contributed by atoms with E-state index in [-0.39, 0.29) is 23.7 Å². The van der Waals surface area contributed by atoms with Crippen molar-refractivity contribution in [1.29, 1.82) is 0 Å². The van der Waals surface area contributed by atoms with Gasteiger partial charge in [0.1, 0.15) is 0 Å². The second-order valence-electron chi connectivity index (χ2n) is 5.22. The number of nitro groups is 1. The van der Waals surface area contributed by atoms with Crippen molar-refractivity contribution < 1.29 is 32.7 Å². The van der Waals surface area contributed by atoms with Crippen LogP contribution in [-0.4, -0.2) is 40.2 Å². The number of anilines is 1. The number of carbonyl (C=O) groups is 1. The molecule has 0 aromatic heterocycles. The summed E-state index contributed by atoms with van der Waals surface area (Å²) in [5.74, 6) is -0.767. The first kappa shape index (κ1) is 18.6. The van der Waals surface area contributed by atoms with E-state index in [1.54, 1.807) is 6.92 Å². The highest BCUT2D eigenvalue weighted by atomic mass is 19.4. The Hall–Kier alpha value is -2.69. The molecule has 1 aromatic rings. The molecule has 11 heteroatoms. The van der Waals surface area contributed by atoms with Gasteiger partial charge in [-0.25, -0.2) is 5.01 Å². The zero-order valence-electron chi connectivity index (χ0n) is 13.0. The maximum absolute atomic E-state index is 13.4. The lowest BCUT2D eigenvalue weighted by Crippen LogP contribution is -2.55. The van der Waals surface area contributed by atoms with E-state index in [9.17, 15) is 33.2 Å². The minimum absolute atomic E-state index is 0.0573. The van der Waals surface area contributed by atoms with Gasteiger partial charge >= 0.3 is 12.1 Å². The van der Waals surface area contributed by atoms with E-state index < -0.39 is 35.6 Å². The Balaban J connectivity index is 2.36. The highest BCUT2D eigenvalue weighted by molar-refractivity contribution is 6.01. The Kier molecular flexibility index (Phi) is 4.97.